The van der Waals surface area contributed by atoms with Gasteiger partial charge in [-0.25, -0.2) is 13.4 Å². The number of nitrogens with zero attached hydrogens (tertiary/aromatic N) is 3. The summed E-state index contributed by atoms with van der Waals surface area (Å²) in [6, 6.07) is 9.78. The van der Waals surface area contributed by atoms with Crippen molar-refractivity contribution in [1.29, 1.82) is 0 Å². The van der Waals surface area contributed by atoms with Gasteiger partial charge in [-0.1, -0.05) is 0 Å². The van der Waals surface area contributed by atoms with Crippen LogP contribution in [0.2, 0.25) is 0 Å². The van der Waals surface area contributed by atoms with Crippen LogP contribution in [0.5, 0.6) is 0 Å². The van der Waals surface area contributed by atoms with Crippen molar-refractivity contribution in [3.8, 4) is 10.8 Å². The van der Waals surface area contributed by atoms with Gasteiger partial charge in [-0.3, -0.25) is 4.79 Å². The standard InChI is InChI=1S/C20H22N4O4S2/c1-14-18(22-20(29-14)17-4-3-13-28-17)19(25)21-15-5-7-16(8-6-15)30(26,27)24-11-9-23(2)10-12-24/h3-8,13H,9-12H2,1-2H3,(H,21,25). The third kappa shape index (κ3) is 4.17. The normalized spacial score (nSPS) is 15.9. The lowest BCUT2D eigenvalue weighted by Gasteiger charge is -2.31. The highest BCUT2D eigenvalue weighted by Crippen LogP contribution is 2.28. The summed E-state index contributed by atoms with van der Waals surface area (Å²) in [4.78, 5) is 20.1. The second-order valence-corrected chi connectivity index (χ2v) is 10.2. The number of rotatable bonds is 5. The molecule has 0 radical (unpaired) electrons. The number of thiazole rings is 1. The van der Waals surface area contributed by atoms with E-state index >= 15 is 0 Å². The predicted octanol–water partition coefficient (Wildman–Crippen LogP) is 2.90. The summed E-state index contributed by atoms with van der Waals surface area (Å²) in [5, 5.41) is 3.42. The molecule has 158 valence electrons. The molecule has 0 saturated carbocycles. The Balaban J connectivity index is 1.47. The second kappa shape index (κ2) is 8.31. The number of carbonyl (C=O) groups is 1. The Hall–Kier alpha value is -2.53. The maximum atomic E-state index is 12.8. The highest BCUT2D eigenvalue weighted by Gasteiger charge is 2.27. The van der Waals surface area contributed by atoms with Crippen molar-refractivity contribution in [3.05, 3.63) is 53.2 Å². The number of hydrogen-bond acceptors (Lipinski definition) is 7. The van der Waals surface area contributed by atoms with Gasteiger partial charge in [0.05, 0.1) is 11.2 Å². The third-order valence-electron chi connectivity index (χ3n) is 4.96. The van der Waals surface area contributed by atoms with Gasteiger partial charge in [-0.2, -0.15) is 4.31 Å². The smallest absolute Gasteiger partial charge is 0.275 e. The second-order valence-electron chi connectivity index (χ2n) is 7.09. The van der Waals surface area contributed by atoms with E-state index in [1.165, 1.54) is 27.8 Å². The van der Waals surface area contributed by atoms with Crippen LogP contribution in [0.4, 0.5) is 5.69 Å². The summed E-state index contributed by atoms with van der Waals surface area (Å²) in [5.41, 5.74) is 0.824. The average Bonchev–Trinajstić information content (AvgIpc) is 3.38. The molecule has 0 spiro atoms. The predicted molar refractivity (Wildman–Crippen MR) is 115 cm³/mol. The summed E-state index contributed by atoms with van der Waals surface area (Å²) in [5.74, 6) is 0.261. The van der Waals surface area contributed by atoms with E-state index in [9.17, 15) is 13.2 Å². The summed E-state index contributed by atoms with van der Waals surface area (Å²) >= 11 is 1.38. The van der Waals surface area contributed by atoms with Crippen molar-refractivity contribution < 1.29 is 17.6 Å². The molecule has 1 aromatic carbocycles. The largest absolute Gasteiger partial charge is 0.462 e. The van der Waals surface area contributed by atoms with Gasteiger partial charge in [0.1, 0.15) is 5.69 Å². The fraction of sp³-hybridized carbons (Fsp3) is 0.300. The minimum atomic E-state index is -3.54. The number of anilines is 1. The van der Waals surface area contributed by atoms with Crippen molar-refractivity contribution in [2.75, 3.05) is 38.5 Å². The highest BCUT2D eigenvalue weighted by molar-refractivity contribution is 7.89. The first-order valence-corrected chi connectivity index (χ1v) is 11.7. The Morgan fingerprint density at radius 1 is 1.13 bits per heavy atom. The molecular formula is C20H22N4O4S2. The summed E-state index contributed by atoms with van der Waals surface area (Å²) in [7, 11) is -1.56. The van der Waals surface area contributed by atoms with E-state index in [1.54, 1.807) is 30.5 Å². The van der Waals surface area contributed by atoms with Crippen molar-refractivity contribution in [3.63, 3.8) is 0 Å². The third-order valence-corrected chi connectivity index (χ3v) is 7.85. The van der Waals surface area contributed by atoms with Crippen LogP contribution in [0, 0.1) is 6.92 Å². The molecule has 2 aromatic heterocycles. The monoisotopic (exact) mass is 446 g/mol. The van der Waals surface area contributed by atoms with Gasteiger partial charge in [0.25, 0.3) is 5.91 Å². The zero-order valence-corrected chi connectivity index (χ0v) is 18.3. The van der Waals surface area contributed by atoms with Gasteiger partial charge in [0.15, 0.2) is 10.8 Å². The van der Waals surface area contributed by atoms with Crippen LogP contribution < -0.4 is 5.32 Å². The lowest BCUT2D eigenvalue weighted by molar-refractivity contribution is 0.102. The van der Waals surface area contributed by atoms with E-state index in [-0.39, 0.29) is 10.8 Å². The number of likely N-dealkylation sites (N-methyl/N-ethyl adjacent to an activating group) is 1. The van der Waals surface area contributed by atoms with Crippen molar-refractivity contribution in [1.82, 2.24) is 14.2 Å². The molecule has 10 heteroatoms. The molecule has 1 fully saturated rings. The molecule has 3 aromatic rings. The zero-order valence-electron chi connectivity index (χ0n) is 16.7. The van der Waals surface area contributed by atoms with E-state index in [0.29, 0.717) is 48.3 Å². The topological polar surface area (TPSA) is 95.8 Å². The number of carbonyl (C=O) groups excluding carboxylic acids is 1. The van der Waals surface area contributed by atoms with Crippen LogP contribution in [-0.2, 0) is 10.0 Å². The minimum Gasteiger partial charge on any atom is -0.462 e. The minimum absolute atomic E-state index is 0.218. The summed E-state index contributed by atoms with van der Waals surface area (Å²) in [6.45, 7) is 4.18. The molecule has 0 unspecified atom stereocenters. The first-order chi connectivity index (χ1) is 14.3. The number of piperazine rings is 1. The Kier molecular flexibility index (Phi) is 5.74. The number of sulfonamides is 1. The molecule has 0 aliphatic carbocycles. The number of nitrogens with one attached hydrogen (secondary N) is 1. The Morgan fingerprint density at radius 3 is 2.47 bits per heavy atom. The van der Waals surface area contributed by atoms with E-state index in [0.717, 1.165) is 4.88 Å². The van der Waals surface area contributed by atoms with Crippen LogP contribution >= 0.6 is 11.3 Å². The van der Waals surface area contributed by atoms with Gasteiger partial charge in [-0.05, 0) is 50.4 Å². The first kappa shape index (κ1) is 20.7. The van der Waals surface area contributed by atoms with Crippen molar-refractivity contribution in [2.24, 2.45) is 0 Å². The van der Waals surface area contributed by atoms with Crippen molar-refractivity contribution in [2.45, 2.75) is 11.8 Å². The quantitative estimate of drug-likeness (QED) is 0.647. The van der Waals surface area contributed by atoms with Crippen molar-refractivity contribution >= 4 is 33.0 Å². The molecule has 30 heavy (non-hydrogen) atoms. The molecule has 0 atom stereocenters. The zero-order chi connectivity index (χ0) is 21.3. The molecule has 8 nitrogen and oxygen atoms in total. The first-order valence-electron chi connectivity index (χ1n) is 9.46. The molecular weight excluding hydrogens is 424 g/mol. The molecule has 1 aliphatic heterocycles. The molecule has 1 N–H and O–H groups in total. The average molecular weight is 447 g/mol. The number of amides is 1. The van der Waals surface area contributed by atoms with Gasteiger partial charge in [0.2, 0.25) is 10.0 Å². The van der Waals surface area contributed by atoms with Gasteiger partial charge in [0, 0.05) is 36.7 Å². The van der Waals surface area contributed by atoms with Gasteiger partial charge < -0.3 is 14.6 Å². The fourth-order valence-electron chi connectivity index (χ4n) is 3.19. The van der Waals surface area contributed by atoms with Gasteiger partial charge >= 0.3 is 0 Å². The molecule has 0 bridgehead atoms. The van der Waals surface area contributed by atoms with Gasteiger partial charge in [-0.15, -0.1) is 11.3 Å². The van der Waals surface area contributed by atoms with E-state index in [1.807, 2.05) is 14.0 Å². The Labute approximate surface area is 179 Å². The molecule has 1 amide bonds. The number of benzene rings is 1. The molecule has 1 saturated heterocycles. The Bertz CT molecular complexity index is 1130. The van der Waals surface area contributed by atoms with Crippen LogP contribution in [-0.4, -0.2) is 61.7 Å². The van der Waals surface area contributed by atoms with E-state index in [2.05, 4.69) is 15.2 Å². The SMILES string of the molecule is Cc1sc(-c2ccco2)nc1C(=O)Nc1ccc(S(=O)(=O)N2CCN(C)CC2)cc1. The molecule has 1 aliphatic rings. The fourth-order valence-corrected chi connectivity index (χ4v) is 5.49. The number of furan rings is 1. The summed E-state index contributed by atoms with van der Waals surface area (Å²) in [6.07, 6.45) is 1.56. The van der Waals surface area contributed by atoms with Crippen LogP contribution in [0.1, 0.15) is 15.4 Å². The highest BCUT2D eigenvalue weighted by atomic mass is 32.2. The maximum absolute atomic E-state index is 12.8. The van der Waals surface area contributed by atoms with Crippen LogP contribution in [0.25, 0.3) is 10.8 Å². The van der Waals surface area contributed by atoms with E-state index < -0.39 is 10.0 Å². The molecule has 3 heterocycles. The number of aryl methyl sites for hydroxylation is 1. The van der Waals surface area contributed by atoms with Crippen LogP contribution in [0.3, 0.4) is 0 Å². The van der Waals surface area contributed by atoms with E-state index in [4.69, 9.17) is 4.42 Å². The lowest BCUT2D eigenvalue weighted by Crippen LogP contribution is -2.46. The number of hydrogen-bond donors (Lipinski definition) is 1. The number of aromatic nitrogens is 1. The molecule has 4 rings (SSSR count). The summed E-state index contributed by atoms with van der Waals surface area (Å²) < 4.78 is 32.5. The lowest BCUT2D eigenvalue weighted by atomic mass is 10.3. The van der Waals surface area contributed by atoms with Crippen LogP contribution in [0.15, 0.2) is 52.0 Å². The maximum Gasteiger partial charge on any atom is 0.275 e. The Morgan fingerprint density at radius 2 is 1.83 bits per heavy atom.